The van der Waals surface area contributed by atoms with Crippen molar-refractivity contribution >= 4 is 5.97 Å². The van der Waals surface area contributed by atoms with Crippen LogP contribution in [0, 0.1) is 0 Å². The minimum absolute atomic E-state index is 0.122. The number of hydrogen-bond acceptors (Lipinski definition) is 3. The second-order valence-corrected chi connectivity index (χ2v) is 5.79. The van der Waals surface area contributed by atoms with E-state index >= 15 is 0 Å². The van der Waals surface area contributed by atoms with E-state index in [4.69, 9.17) is 9.84 Å². The summed E-state index contributed by atoms with van der Waals surface area (Å²) in [7, 11) is 1.72. The molecule has 1 saturated heterocycles. The largest absolute Gasteiger partial charge is 0.634 e. The highest BCUT2D eigenvalue weighted by atomic mass is 16.6. The number of hydrogen-bond donors (Lipinski definition) is 2. The summed E-state index contributed by atoms with van der Waals surface area (Å²) in [5.74, 6) is -0.702. The molecule has 0 aromatic carbocycles. The number of epoxide rings is 1. The second-order valence-electron chi connectivity index (χ2n) is 5.79. The zero-order valence-corrected chi connectivity index (χ0v) is 12.7. The van der Waals surface area contributed by atoms with Crippen LogP contribution in [0.25, 0.3) is 5.32 Å². The van der Waals surface area contributed by atoms with Crippen LogP contribution in [0.3, 0.4) is 0 Å². The van der Waals surface area contributed by atoms with E-state index in [1.807, 2.05) is 6.92 Å². The van der Waals surface area contributed by atoms with Crippen molar-refractivity contribution in [2.45, 2.75) is 82.6 Å². The maximum atomic E-state index is 10.3. The van der Waals surface area contributed by atoms with E-state index in [-0.39, 0.29) is 12.5 Å². The molecule has 20 heavy (non-hydrogen) atoms. The van der Waals surface area contributed by atoms with Gasteiger partial charge in [0.15, 0.2) is 0 Å². The zero-order chi connectivity index (χ0) is 15.0. The Bertz CT molecular complexity index is 298. The molecule has 1 rings (SSSR count). The van der Waals surface area contributed by atoms with Crippen LogP contribution in [0.4, 0.5) is 0 Å². The SMILES string of the molecule is C[N-]C1(C)OC1C(O)CCCCCCCCCC(=O)O. The Kier molecular flexibility index (Phi) is 7.48. The molecule has 3 unspecified atom stereocenters. The number of unbranched alkanes of at least 4 members (excludes halogenated alkanes) is 6. The molecule has 0 radical (unpaired) electrons. The topological polar surface area (TPSA) is 84.2 Å². The Morgan fingerprint density at radius 1 is 1.20 bits per heavy atom. The summed E-state index contributed by atoms with van der Waals surface area (Å²) in [4.78, 5) is 10.3. The first kappa shape index (κ1) is 17.4. The summed E-state index contributed by atoms with van der Waals surface area (Å²) in [5, 5.41) is 22.6. The summed E-state index contributed by atoms with van der Waals surface area (Å²) in [6.45, 7) is 1.90. The molecule has 5 heteroatoms. The van der Waals surface area contributed by atoms with E-state index in [1.54, 1.807) is 7.05 Å². The van der Waals surface area contributed by atoms with Crippen LogP contribution in [0.15, 0.2) is 0 Å². The molecule has 3 atom stereocenters. The number of carbonyl (C=O) groups is 1. The molecular formula is C15H28NO4-. The van der Waals surface area contributed by atoms with Crippen molar-refractivity contribution in [1.29, 1.82) is 0 Å². The average molecular weight is 286 g/mol. The van der Waals surface area contributed by atoms with E-state index in [1.165, 1.54) is 0 Å². The van der Waals surface area contributed by atoms with Gasteiger partial charge in [-0.2, -0.15) is 7.05 Å². The van der Waals surface area contributed by atoms with E-state index in [0.29, 0.717) is 0 Å². The first-order valence-corrected chi connectivity index (χ1v) is 7.68. The molecule has 1 aliphatic rings. The number of carboxylic acid groups (broad SMARTS) is 1. The van der Waals surface area contributed by atoms with Crippen LogP contribution in [0.2, 0.25) is 0 Å². The van der Waals surface area contributed by atoms with Crippen molar-refractivity contribution in [2.75, 3.05) is 7.05 Å². The number of carboxylic acids is 1. The number of aliphatic hydroxyl groups excluding tert-OH is 1. The van der Waals surface area contributed by atoms with Gasteiger partial charge >= 0.3 is 5.97 Å². The standard InChI is InChI=1S/C15H28NO4/c1-15(16-2)14(20-15)12(17)10-8-6-4-3-5-7-9-11-13(18)19/h12,14,17H,3-11H2,1-2H3,(H,18,19)/q-1. The van der Waals surface area contributed by atoms with Gasteiger partial charge < -0.3 is 20.3 Å². The fourth-order valence-corrected chi connectivity index (χ4v) is 2.50. The lowest BCUT2D eigenvalue weighted by Crippen LogP contribution is -2.21. The summed E-state index contributed by atoms with van der Waals surface area (Å²) < 4.78 is 5.39. The molecule has 0 saturated carbocycles. The van der Waals surface area contributed by atoms with Gasteiger partial charge in [-0.1, -0.05) is 45.4 Å². The van der Waals surface area contributed by atoms with Gasteiger partial charge in [0.1, 0.15) is 0 Å². The third-order valence-electron chi connectivity index (χ3n) is 4.02. The van der Waals surface area contributed by atoms with Crippen molar-refractivity contribution in [1.82, 2.24) is 0 Å². The Balaban J connectivity index is 1.87. The smallest absolute Gasteiger partial charge is 0.303 e. The molecule has 2 N–H and O–H groups in total. The number of aliphatic hydroxyl groups is 1. The molecule has 1 heterocycles. The van der Waals surface area contributed by atoms with Gasteiger partial charge in [-0.05, 0) is 12.8 Å². The number of ether oxygens (including phenoxy) is 1. The fourth-order valence-electron chi connectivity index (χ4n) is 2.50. The summed E-state index contributed by atoms with van der Waals surface area (Å²) in [6, 6.07) is 0. The third-order valence-corrected chi connectivity index (χ3v) is 4.02. The Morgan fingerprint density at radius 3 is 2.25 bits per heavy atom. The first-order valence-electron chi connectivity index (χ1n) is 7.68. The molecular weight excluding hydrogens is 258 g/mol. The number of rotatable bonds is 12. The Hall–Kier alpha value is -0.650. The predicted molar refractivity (Wildman–Crippen MR) is 77.8 cm³/mol. The van der Waals surface area contributed by atoms with Crippen molar-refractivity contribution < 1.29 is 19.7 Å². The molecule has 0 aromatic heterocycles. The molecule has 0 aromatic rings. The van der Waals surface area contributed by atoms with Gasteiger partial charge in [0.25, 0.3) is 0 Å². The average Bonchev–Trinajstić information content (AvgIpc) is 3.09. The monoisotopic (exact) mass is 286 g/mol. The highest BCUT2D eigenvalue weighted by Crippen LogP contribution is 2.43. The lowest BCUT2D eigenvalue weighted by atomic mass is 10.0. The van der Waals surface area contributed by atoms with Crippen LogP contribution >= 0.6 is 0 Å². The lowest BCUT2D eigenvalue weighted by Gasteiger charge is -2.20. The van der Waals surface area contributed by atoms with Crippen molar-refractivity contribution in [3.63, 3.8) is 0 Å². The maximum absolute atomic E-state index is 10.3. The van der Waals surface area contributed by atoms with Crippen LogP contribution in [0.1, 0.15) is 64.7 Å². The van der Waals surface area contributed by atoms with Crippen molar-refractivity contribution in [3.05, 3.63) is 5.32 Å². The molecule has 1 aliphatic heterocycles. The van der Waals surface area contributed by atoms with Crippen LogP contribution in [-0.4, -0.2) is 41.2 Å². The van der Waals surface area contributed by atoms with Crippen molar-refractivity contribution in [2.24, 2.45) is 0 Å². The van der Waals surface area contributed by atoms with Gasteiger partial charge in [0, 0.05) is 12.1 Å². The van der Waals surface area contributed by atoms with Gasteiger partial charge in [0.05, 0.1) is 12.2 Å². The highest BCUT2D eigenvalue weighted by Gasteiger charge is 2.47. The number of aliphatic carboxylic acids is 1. The van der Waals surface area contributed by atoms with E-state index in [2.05, 4.69) is 5.32 Å². The summed E-state index contributed by atoms with van der Waals surface area (Å²) >= 11 is 0. The predicted octanol–water partition coefficient (Wildman–Crippen LogP) is 3.06. The normalized spacial score (nSPS) is 26.4. The van der Waals surface area contributed by atoms with Gasteiger partial charge in [-0.3, -0.25) is 4.79 Å². The molecule has 0 aliphatic carbocycles. The minimum Gasteiger partial charge on any atom is -0.634 e. The quantitative estimate of drug-likeness (QED) is 0.426. The first-order chi connectivity index (χ1) is 9.49. The van der Waals surface area contributed by atoms with Crippen LogP contribution in [-0.2, 0) is 9.53 Å². The van der Waals surface area contributed by atoms with Gasteiger partial charge in [-0.15, -0.1) is 0 Å². The highest BCUT2D eigenvalue weighted by molar-refractivity contribution is 5.66. The fraction of sp³-hybridized carbons (Fsp3) is 0.933. The summed E-state index contributed by atoms with van der Waals surface area (Å²) in [6.07, 6.45) is 7.85. The number of nitrogens with zero attached hydrogens (tertiary/aromatic N) is 1. The van der Waals surface area contributed by atoms with E-state index < -0.39 is 17.8 Å². The molecule has 0 spiro atoms. The van der Waals surface area contributed by atoms with Gasteiger partial charge in [-0.25, -0.2) is 0 Å². The molecule has 0 bridgehead atoms. The van der Waals surface area contributed by atoms with E-state index in [0.717, 1.165) is 51.4 Å². The molecule has 1 fully saturated rings. The molecule has 5 nitrogen and oxygen atoms in total. The Morgan fingerprint density at radius 2 is 1.75 bits per heavy atom. The zero-order valence-electron chi connectivity index (χ0n) is 12.7. The third kappa shape index (κ3) is 6.20. The van der Waals surface area contributed by atoms with E-state index in [9.17, 15) is 9.90 Å². The van der Waals surface area contributed by atoms with Crippen LogP contribution < -0.4 is 0 Å². The van der Waals surface area contributed by atoms with Gasteiger partial charge in [0.2, 0.25) is 0 Å². The second kappa shape index (κ2) is 8.60. The molecule has 118 valence electrons. The summed E-state index contributed by atoms with van der Waals surface area (Å²) in [5.41, 5.74) is -0.455. The lowest BCUT2D eigenvalue weighted by molar-refractivity contribution is -0.137. The number of likely N-dealkylation sites (N-methyl/N-ethyl adjacent to an activating group) is 1. The maximum Gasteiger partial charge on any atom is 0.303 e. The minimum atomic E-state index is -0.702. The van der Waals surface area contributed by atoms with Crippen molar-refractivity contribution in [3.8, 4) is 0 Å². The Labute approximate surface area is 121 Å². The van der Waals surface area contributed by atoms with Crippen LogP contribution in [0.5, 0.6) is 0 Å². The molecule has 0 amide bonds.